The highest BCUT2D eigenvalue weighted by Crippen LogP contribution is 2.01. The van der Waals surface area contributed by atoms with E-state index in [1.54, 1.807) is 0 Å². The zero-order valence-electron chi connectivity index (χ0n) is 14.1. The monoisotopic (exact) mass is 340 g/mol. The van der Waals surface area contributed by atoms with Gasteiger partial charge in [0.2, 0.25) is 23.6 Å². The molecule has 8 heteroatoms. The Labute approximate surface area is 142 Å². The summed E-state index contributed by atoms with van der Waals surface area (Å²) in [6.45, 7) is 1.59. The summed E-state index contributed by atoms with van der Waals surface area (Å²) < 4.78 is 0. The van der Waals surface area contributed by atoms with Gasteiger partial charge in [-0.05, 0) is 25.7 Å². The fraction of sp³-hybridized carbons (Fsp3) is 0.750. The van der Waals surface area contributed by atoms with E-state index in [0.29, 0.717) is 77.5 Å². The van der Waals surface area contributed by atoms with Crippen molar-refractivity contribution < 1.29 is 19.2 Å². The van der Waals surface area contributed by atoms with Gasteiger partial charge in [0.15, 0.2) is 0 Å². The van der Waals surface area contributed by atoms with Gasteiger partial charge in [0.25, 0.3) is 0 Å². The summed E-state index contributed by atoms with van der Waals surface area (Å²) in [4.78, 5) is 46.4. The van der Waals surface area contributed by atoms with E-state index in [1.165, 1.54) is 0 Å². The van der Waals surface area contributed by atoms with E-state index in [2.05, 4.69) is 21.3 Å². The molecule has 1 aliphatic rings. The molecule has 1 heterocycles. The number of amides is 4. The van der Waals surface area contributed by atoms with E-state index in [-0.39, 0.29) is 23.6 Å². The molecule has 0 aromatic rings. The first kappa shape index (κ1) is 19.9. The molecule has 0 spiro atoms. The minimum atomic E-state index is -0.0678. The largest absolute Gasteiger partial charge is 0.354 e. The summed E-state index contributed by atoms with van der Waals surface area (Å²) in [7, 11) is 0. The van der Waals surface area contributed by atoms with Gasteiger partial charge in [0, 0.05) is 51.9 Å². The van der Waals surface area contributed by atoms with Crippen molar-refractivity contribution in [2.45, 2.75) is 51.4 Å². The first-order chi connectivity index (χ1) is 11.6. The molecule has 24 heavy (non-hydrogen) atoms. The second kappa shape index (κ2) is 12.3. The van der Waals surface area contributed by atoms with Crippen molar-refractivity contribution in [3.8, 4) is 0 Å². The molecular weight excluding hydrogens is 312 g/mol. The number of carbonyl (C=O) groups is 4. The quantitative estimate of drug-likeness (QED) is 0.479. The number of hydrogen-bond acceptors (Lipinski definition) is 4. The van der Waals surface area contributed by atoms with Gasteiger partial charge in [-0.2, -0.15) is 0 Å². The van der Waals surface area contributed by atoms with Gasteiger partial charge >= 0.3 is 0 Å². The van der Waals surface area contributed by atoms with E-state index in [4.69, 9.17) is 0 Å². The van der Waals surface area contributed by atoms with Crippen LogP contribution < -0.4 is 21.3 Å². The van der Waals surface area contributed by atoms with Crippen LogP contribution in [0.3, 0.4) is 0 Å². The average Bonchev–Trinajstić information content (AvgIpc) is 2.55. The van der Waals surface area contributed by atoms with Crippen molar-refractivity contribution in [3.05, 3.63) is 0 Å². The Morgan fingerprint density at radius 3 is 0.833 bits per heavy atom. The van der Waals surface area contributed by atoms with Gasteiger partial charge in [-0.15, -0.1) is 0 Å². The fourth-order valence-electron chi connectivity index (χ4n) is 2.30. The molecule has 1 fully saturated rings. The zero-order valence-corrected chi connectivity index (χ0v) is 14.1. The van der Waals surface area contributed by atoms with Gasteiger partial charge in [-0.3, -0.25) is 19.2 Å². The molecule has 136 valence electrons. The van der Waals surface area contributed by atoms with Crippen molar-refractivity contribution in [2.75, 3.05) is 26.2 Å². The highest BCUT2D eigenvalue weighted by molar-refractivity contribution is 5.78. The number of nitrogens with one attached hydrogen (secondary N) is 4. The van der Waals surface area contributed by atoms with Gasteiger partial charge in [-0.1, -0.05) is 0 Å². The van der Waals surface area contributed by atoms with Crippen LogP contribution in [0.2, 0.25) is 0 Å². The smallest absolute Gasteiger partial charge is 0.220 e. The minimum Gasteiger partial charge on any atom is -0.354 e. The lowest BCUT2D eigenvalue weighted by atomic mass is 10.1. The lowest BCUT2D eigenvalue weighted by molar-refractivity contribution is -0.124. The molecule has 8 nitrogen and oxygen atoms in total. The normalized spacial score (nSPS) is 21.0. The first-order valence-corrected chi connectivity index (χ1v) is 8.64. The van der Waals surface area contributed by atoms with Crippen molar-refractivity contribution in [1.82, 2.24) is 21.3 Å². The first-order valence-electron chi connectivity index (χ1n) is 8.64. The van der Waals surface area contributed by atoms with E-state index in [1.807, 2.05) is 0 Å². The van der Waals surface area contributed by atoms with Crippen molar-refractivity contribution in [2.24, 2.45) is 0 Å². The highest BCUT2D eigenvalue weighted by atomic mass is 16.2. The summed E-state index contributed by atoms with van der Waals surface area (Å²) in [5.74, 6) is -0.271. The van der Waals surface area contributed by atoms with Gasteiger partial charge in [-0.25, -0.2) is 0 Å². The van der Waals surface area contributed by atoms with Crippen LogP contribution in [0, 0.1) is 0 Å². The van der Waals surface area contributed by atoms with Crippen molar-refractivity contribution in [3.63, 3.8) is 0 Å². The topological polar surface area (TPSA) is 116 Å². The third kappa shape index (κ3) is 10.6. The summed E-state index contributed by atoms with van der Waals surface area (Å²) >= 11 is 0. The molecular formula is C16H28N4O4. The molecule has 4 amide bonds. The van der Waals surface area contributed by atoms with Crippen LogP contribution in [-0.2, 0) is 19.2 Å². The third-order valence-corrected chi connectivity index (χ3v) is 3.65. The van der Waals surface area contributed by atoms with Crippen molar-refractivity contribution in [1.29, 1.82) is 0 Å². The lowest BCUT2D eigenvalue weighted by Crippen LogP contribution is -2.35. The molecule has 0 radical (unpaired) electrons. The second-order valence-corrected chi connectivity index (χ2v) is 5.81. The Hall–Kier alpha value is -2.12. The predicted octanol–water partition coefficient (Wildman–Crippen LogP) is -0.414. The molecule has 0 aromatic carbocycles. The molecule has 0 atom stereocenters. The molecule has 1 rings (SSSR count). The molecule has 0 aromatic heterocycles. The molecule has 0 bridgehead atoms. The van der Waals surface area contributed by atoms with E-state index in [9.17, 15) is 19.2 Å². The van der Waals surface area contributed by atoms with Gasteiger partial charge in [0.05, 0.1) is 0 Å². The average molecular weight is 340 g/mol. The van der Waals surface area contributed by atoms with Gasteiger partial charge in [0.1, 0.15) is 0 Å². The van der Waals surface area contributed by atoms with E-state index < -0.39 is 0 Å². The highest BCUT2D eigenvalue weighted by Gasteiger charge is 2.07. The van der Waals surface area contributed by atoms with Crippen LogP contribution in [0.5, 0.6) is 0 Å². The van der Waals surface area contributed by atoms with Crippen molar-refractivity contribution >= 4 is 23.6 Å². The molecule has 0 saturated carbocycles. The van der Waals surface area contributed by atoms with E-state index >= 15 is 0 Å². The molecule has 4 N–H and O–H groups in total. The van der Waals surface area contributed by atoms with Crippen LogP contribution in [0.25, 0.3) is 0 Å². The molecule has 1 saturated heterocycles. The van der Waals surface area contributed by atoms with E-state index in [0.717, 1.165) is 0 Å². The van der Waals surface area contributed by atoms with Crippen LogP contribution >= 0.6 is 0 Å². The maximum atomic E-state index is 11.6. The fourth-order valence-corrected chi connectivity index (χ4v) is 2.30. The number of rotatable bonds is 0. The predicted molar refractivity (Wildman–Crippen MR) is 89.0 cm³/mol. The zero-order chi connectivity index (χ0) is 17.6. The maximum absolute atomic E-state index is 11.6. The second-order valence-electron chi connectivity index (χ2n) is 5.81. The molecule has 0 unspecified atom stereocenters. The van der Waals surface area contributed by atoms with Gasteiger partial charge < -0.3 is 21.3 Å². The lowest BCUT2D eigenvalue weighted by Gasteiger charge is -2.09. The number of hydrogen-bond donors (Lipinski definition) is 4. The Kier molecular flexibility index (Phi) is 10.2. The van der Waals surface area contributed by atoms with Crippen LogP contribution in [-0.4, -0.2) is 49.8 Å². The molecule has 1 aliphatic heterocycles. The Balaban J connectivity index is 2.34. The Morgan fingerprint density at radius 2 is 0.625 bits per heavy atom. The Morgan fingerprint density at radius 1 is 0.417 bits per heavy atom. The Bertz CT molecular complexity index is 328. The molecule has 0 aliphatic carbocycles. The summed E-state index contributed by atoms with van der Waals surface area (Å²) in [6.07, 6.45) is 4.05. The standard InChI is InChI=1S/C16H28N4O4/c21-13-5-1-2-6-14(22)18-11-12-20-16(24)8-4-3-7-15(23)19-10-9-17-13/h1-12H2,(H,17,21)(H,18,22)(H,19,23)(H,20,24). The van der Waals surface area contributed by atoms with Crippen LogP contribution in [0.15, 0.2) is 0 Å². The third-order valence-electron chi connectivity index (χ3n) is 3.65. The van der Waals surface area contributed by atoms with Crippen LogP contribution in [0.1, 0.15) is 51.4 Å². The summed E-state index contributed by atoms with van der Waals surface area (Å²) in [6, 6.07) is 0. The SMILES string of the molecule is O=C1CCCCC(=O)NCCNC(=O)CCCCC(=O)NCCN1. The minimum absolute atomic E-state index is 0.0678. The summed E-state index contributed by atoms with van der Waals surface area (Å²) in [5, 5.41) is 10.9. The van der Waals surface area contributed by atoms with Crippen LogP contribution in [0.4, 0.5) is 0 Å². The summed E-state index contributed by atoms with van der Waals surface area (Å²) in [5.41, 5.74) is 0. The number of carbonyl (C=O) groups excluding carboxylic acids is 4. The maximum Gasteiger partial charge on any atom is 0.220 e.